The summed E-state index contributed by atoms with van der Waals surface area (Å²) in [5.41, 5.74) is 7.34. The molecular formula is C17H24BrClN2. The molecule has 116 valence electrons. The van der Waals surface area contributed by atoms with Gasteiger partial charge in [0.25, 0.3) is 0 Å². The number of hydrogen-bond donors (Lipinski definition) is 1. The van der Waals surface area contributed by atoms with Gasteiger partial charge in [-0.1, -0.05) is 40.4 Å². The Bertz CT molecular complexity index is 492. The predicted molar refractivity (Wildman–Crippen MR) is 92.6 cm³/mol. The van der Waals surface area contributed by atoms with Crippen LogP contribution in [0.4, 0.5) is 0 Å². The highest BCUT2D eigenvalue weighted by Gasteiger charge is 2.37. The lowest BCUT2D eigenvalue weighted by atomic mass is 9.77. The van der Waals surface area contributed by atoms with E-state index in [0.717, 1.165) is 22.0 Å². The van der Waals surface area contributed by atoms with Crippen LogP contribution in [0.15, 0.2) is 22.7 Å². The smallest absolute Gasteiger partial charge is 0.0488 e. The molecule has 1 aliphatic carbocycles. The van der Waals surface area contributed by atoms with Crippen LogP contribution in [-0.2, 0) is 0 Å². The van der Waals surface area contributed by atoms with Gasteiger partial charge in [-0.15, -0.1) is 0 Å². The molecule has 1 heterocycles. The lowest BCUT2D eigenvalue weighted by molar-refractivity contribution is 0.0276. The first-order valence-electron chi connectivity index (χ1n) is 8.11. The second kappa shape index (κ2) is 6.99. The van der Waals surface area contributed by atoms with Gasteiger partial charge in [0.2, 0.25) is 0 Å². The third-order valence-corrected chi connectivity index (χ3v) is 6.06. The molecule has 3 rings (SSSR count). The minimum atomic E-state index is 0.251. The van der Waals surface area contributed by atoms with Crippen LogP contribution in [0.25, 0.3) is 0 Å². The molecule has 0 amide bonds. The van der Waals surface area contributed by atoms with Crippen molar-refractivity contribution in [2.45, 2.75) is 50.6 Å². The van der Waals surface area contributed by atoms with Crippen molar-refractivity contribution in [1.82, 2.24) is 4.90 Å². The Morgan fingerprint density at radius 2 is 2.00 bits per heavy atom. The topological polar surface area (TPSA) is 29.3 Å². The molecule has 3 atom stereocenters. The Balaban J connectivity index is 1.89. The Morgan fingerprint density at radius 3 is 2.81 bits per heavy atom. The fraction of sp³-hybridized carbons (Fsp3) is 0.647. The van der Waals surface area contributed by atoms with Crippen molar-refractivity contribution in [3.05, 3.63) is 33.3 Å². The number of hydrogen-bond acceptors (Lipinski definition) is 2. The highest BCUT2D eigenvalue weighted by molar-refractivity contribution is 9.10. The van der Waals surface area contributed by atoms with Crippen LogP contribution in [0.5, 0.6) is 0 Å². The summed E-state index contributed by atoms with van der Waals surface area (Å²) >= 11 is 10.0. The normalized spacial score (nSPS) is 28.1. The van der Waals surface area contributed by atoms with E-state index in [0.29, 0.717) is 12.6 Å². The predicted octanol–water partition coefficient (Wildman–Crippen LogP) is 4.76. The van der Waals surface area contributed by atoms with E-state index in [1.54, 1.807) is 0 Å². The van der Waals surface area contributed by atoms with E-state index in [-0.39, 0.29) is 6.04 Å². The Labute approximate surface area is 141 Å². The SMILES string of the molecule is NCC(c1cc(Br)ccc1Cl)N1CCC[C@H]2CCCC[C@H]21. The van der Waals surface area contributed by atoms with Gasteiger partial charge in [-0.05, 0) is 61.9 Å². The van der Waals surface area contributed by atoms with Crippen molar-refractivity contribution in [3.8, 4) is 0 Å². The molecule has 21 heavy (non-hydrogen) atoms. The molecule has 1 unspecified atom stereocenters. The summed E-state index contributed by atoms with van der Waals surface area (Å²) < 4.78 is 1.08. The molecule has 1 aromatic carbocycles. The van der Waals surface area contributed by atoms with Crippen LogP contribution in [0, 0.1) is 5.92 Å². The van der Waals surface area contributed by atoms with E-state index in [1.807, 2.05) is 12.1 Å². The molecule has 0 spiro atoms. The zero-order valence-electron chi connectivity index (χ0n) is 12.4. The second-order valence-corrected chi connectivity index (χ2v) is 7.73. The van der Waals surface area contributed by atoms with Gasteiger partial charge in [0, 0.05) is 28.1 Å². The molecule has 1 saturated heterocycles. The van der Waals surface area contributed by atoms with E-state index in [9.17, 15) is 0 Å². The van der Waals surface area contributed by atoms with Gasteiger partial charge in [0.05, 0.1) is 0 Å². The maximum absolute atomic E-state index is 6.46. The van der Waals surface area contributed by atoms with Crippen molar-refractivity contribution in [2.24, 2.45) is 11.7 Å². The van der Waals surface area contributed by atoms with Crippen LogP contribution in [0.1, 0.15) is 50.1 Å². The Hall–Kier alpha value is -0.0900. The molecule has 1 aliphatic heterocycles. The maximum Gasteiger partial charge on any atom is 0.0488 e. The van der Waals surface area contributed by atoms with E-state index >= 15 is 0 Å². The highest BCUT2D eigenvalue weighted by atomic mass is 79.9. The molecule has 0 aromatic heterocycles. The number of fused-ring (bicyclic) bond motifs is 1. The molecule has 2 N–H and O–H groups in total. The van der Waals surface area contributed by atoms with Crippen molar-refractivity contribution >= 4 is 27.5 Å². The third kappa shape index (κ3) is 3.31. The van der Waals surface area contributed by atoms with Crippen LogP contribution in [-0.4, -0.2) is 24.0 Å². The average molecular weight is 372 g/mol. The molecule has 1 saturated carbocycles. The Morgan fingerprint density at radius 1 is 1.24 bits per heavy atom. The van der Waals surface area contributed by atoms with E-state index < -0.39 is 0 Å². The first-order valence-corrected chi connectivity index (χ1v) is 9.28. The molecule has 0 radical (unpaired) electrons. The number of rotatable bonds is 3. The summed E-state index contributed by atoms with van der Waals surface area (Å²) in [5.74, 6) is 0.868. The lowest BCUT2D eigenvalue weighted by Gasteiger charge is -2.47. The van der Waals surface area contributed by atoms with E-state index in [4.69, 9.17) is 17.3 Å². The molecule has 2 fully saturated rings. The molecule has 2 nitrogen and oxygen atoms in total. The van der Waals surface area contributed by atoms with Gasteiger partial charge in [-0.25, -0.2) is 0 Å². The molecule has 1 aromatic rings. The largest absolute Gasteiger partial charge is 0.329 e. The first-order chi connectivity index (χ1) is 10.2. The minimum absolute atomic E-state index is 0.251. The molecule has 2 aliphatic rings. The van der Waals surface area contributed by atoms with Crippen molar-refractivity contribution in [1.29, 1.82) is 0 Å². The lowest BCUT2D eigenvalue weighted by Crippen LogP contribution is -2.50. The van der Waals surface area contributed by atoms with Crippen LogP contribution in [0.3, 0.4) is 0 Å². The number of nitrogens with zero attached hydrogens (tertiary/aromatic N) is 1. The fourth-order valence-electron chi connectivity index (χ4n) is 4.26. The molecule has 4 heteroatoms. The van der Waals surface area contributed by atoms with Gasteiger partial charge < -0.3 is 5.73 Å². The summed E-state index contributed by atoms with van der Waals surface area (Å²) in [6.45, 7) is 1.80. The van der Waals surface area contributed by atoms with Gasteiger partial charge in [-0.2, -0.15) is 0 Å². The molecule has 0 bridgehead atoms. The van der Waals surface area contributed by atoms with E-state index in [2.05, 4.69) is 26.9 Å². The van der Waals surface area contributed by atoms with Crippen molar-refractivity contribution < 1.29 is 0 Å². The zero-order chi connectivity index (χ0) is 14.8. The van der Waals surface area contributed by atoms with Crippen molar-refractivity contribution in [2.75, 3.05) is 13.1 Å². The number of piperidine rings is 1. The van der Waals surface area contributed by atoms with Gasteiger partial charge >= 0.3 is 0 Å². The molecular weight excluding hydrogens is 348 g/mol. The number of likely N-dealkylation sites (tertiary alicyclic amines) is 1. The van der Waals surface area contributed by atoms with Gasteiger partial charge in [0.1, 0.15) is 0 Å². The van der Waals surface area contributed by atoms with Crippen LogP contribution >= 0.6 is 27.5 Å². The second-order valence-electron chi connectivity index (χ2n) is 6.41. The standard InChI is InChI=1S/C17H24BrClN2/c18-13-7-8-15(19)14(10-13)17(11-20)21-9-3-5-12-4-1-2-6-16(12)21/h7-8,10,12,16-17H,1-6,9,11,20H2/t12-,16-,17?/m1/s1. The fourth-order valence-corrected chi connectivity index (χ4v) is 4.88. The Kier molecular flexibility index (Phi) is 5.26. The van der Waals surface area contributed by atoms with Crippen LogP contribution < -0.4 is 5.73 Å². The van der Waals surface area contributed by atoms with Gasteiger partial charge in [-0.3, -0.25) is 4.90 Å². The first kappa shape index (κ1) is 15.8. The average Bonchev–Trinajstić information content (AvgIpc) is 2.51. The monoisotopic (exact) mass is 370 g/mol. The van der Waals surface area contributed by atoms with Gasteiger partial charge in [0.15, 0.2) is 0 Å². The quantitative estimate of drug-likeness (QED) is 0.830. The number of halogens is 2. The number of nitrogens with two attached hydrogens (primary N) is 1. The third-order valence-electron chi connectivity index (χ3n) is 5.23. The summed E-state index contributed by atoms with van der Waals surface area (Å²) in [4.78, 5) is 2.65. The summed E-state index contributed by atoms with van der Waals surface area (Å²) in [7, 11) is 0. The summed E-state index contributed by atoms with van der Waals surface area (Å²) in [6, 6.07) is 7.08. The summed E-state index contributed by atoms with van der Waals surface area (Å²) in [5, 5.41) is 0.839. The minimum Gasteiger partial charge on any atom is -0.329 e. The summed E-state index contributed by atoms with van der Waals surface area (Å²) in [6.07, 6.45) is 8.17. The number of benzene rings is 1. The zero-order valence-corrected chi connectivity index (χ0v) is 14.7. The van der Waals surface area contributed by atoms with Crippen molar-refractivity contribution in [3.63, 3.8) is 0 Å². The highest BCUT2D eigenvalue weighted by Crippen LogP contribution is 2.40. The van der Waals surface area contributed by atoms with E-state index in [1.165, 1.54) is 44.1 Å². The maximum atomic E-state index is 6.46. The van der Waals surface area contributed by atoms with Crippen LogP contribution in [0.2, 0.25) is 5.02 Å².